The van der Waals surface area contributed by atoms with E-state index in [-0.39, 0.29) is 23.8 Å². The second kappa shape index (κ2) is 11.4. The number of hydrogen-bond acceptors (Lipinski definition) is 6. The SMILES string of the molecule is CC(CC(C)(C(=O)Oc1ccc(C(C)(O)C(F)(F)F)cc1)C(C)C)C(=O)Oc1ccc(C(C)(O)C(F)(F)F)cc1. The molecule has 0 spiro atoms. The maximum Gasteiger partial charge on any atom is 0.421 e. The standard InChI is InChI=1S/C28H32F6O6/c1-16(2)24(4,23(36)40-21-13-9-19(10-14-21)26(6,38)28(32,33)34)15-17(3)22(35)39-20-11-7-18(8-12-20)25(5,37)27(29,30)31/h7-14,16-17,37-38H,15H2,1-6H3. The molecule has 4 unspecified atom stereocenters. The number of carbonyl (C=O) groups is 2. The first-order chi connectivity index (χ1) is 18.0. The Morgan fingerprint density at radius 2 is 1.05 bits per heavy atom. The number of hydrogen-bond donors (Lipinski definition) is 2. The molecule has 0 aliphatic heterocycles. The van der Waals surface area contributed by atoms with E-state index in [1.165, 1.54) is 6.92 Å². The molecule has 2 rings (SSSR count). The topological polar surface area (TPSA) is 93.1 Å². The lowest BCUT2D eigenvalue weighted by Crippen LogP contribution is -2.40. The van der Waals surface area contributed by atoms with Gasteiger partial charge >= 0.3 is 24.3 Å². The lowest BCUT2D eigenvalue weighted by molar-refractivity contribution is -0.259. The molecule has 0 bridgehead atoms. The van der Waals surface area contributed by atoms with Crippen molar-refractivity contribution in [1.82, 2.24) is 0 Å². The van der Waals surface area contributed by atoms with Crippen LogP contribution in [0.15, 0.2) is 48.5 Å². The Morgan fingerprint density at radius 3 is 1.38 bits per heavy atom. The van der Waals surface area contributed by atoms with Gasteiger partial charge in [0.15, 0.2) is 11.2 Å². The Morgan fingerprint density at radius 1 is 0.700 bits per heavy atom. The third-order valence-electron chi connectivity index (χ3n) is 7.24. The van der Waals surface area contributed by atoms with Gasteiger partial charge in [-0.15, -0.1) is 0 Å². The largest absolute Gasteiger partial charge is 0.426 e. The van der Waals surface area contributed by atoms with Gasteiger partial charge in [0.2, 0.25) is 0 Å². The molecule has 40 heavy (non-hydrogen) atoms. The minimum absolute atomic E-state index is 0.0515. The monoisotopic (exact) mass is 578 g/mol. The van der Waals surface area contributed by atoms with Gasteiger partial charge in [-0.3, -0.25) is 9.59 Å². The van der Waals surface area contributed by atoms with Gasteiger partial charge in [0.25, 0.3) is 0 Å². The summed E-state index contributed by atoms with van der Waals surface area (Å²) in [4.78, 5) is 25.9. The Hall–Kier alpha value is -3.12. The minimum Gasteiger partial charge on any atom is -0.426 e. The normalized spacial score (nSPS) is 17.8. The molecule has 0 aliphatic rings. The highest BCUT2D eigenvalue weighted by atomic mass is 19.4. The van der Waals surface area contributed by atoms with Crippen LogP contribution in [0, 0.1) is 17.3 Å². The smallest absolute Gasteiger partial charge is 0.421 e. The number of aliphatic hydroxyl groups is 2. The number of carbonyl (C=O) groups excluding carboxylic acids is 2. The highest BCUT2D eigenvalue weighted by Crippen LogP contribution is 2.41. The van der Waals surface area contributed by atoms with E-state index < -0.39 is 58.0 Å². The Balaban J connectivity index is 2.13. The van der Waals surface area contributed by atoms with Gasteiger partial charge in [0, 0.05) is 0 Å². The molecule has 4 atom stereocenters. The molecule has 0 fully saturated rings. The fraction of sp³-hybridized carbons (Fsp3) is 0.500. The van der Waals surface area contributed by atoms with Gasteiger partial charge in [-0.05, 0) is 68.5 Å². The molecule has 0 saturated carbocycles. The van der Waals surface area contributed by atoms with Gasteiger partial charge in [0.05, 0.1) is 11.3 Å². The molecule has 2 N–H and O–H groups in total. The van der Waals surface area contributed by atoms with Crippen molar-refractivity contribution in [2.24, 2.45) is 17.3 Å². The third-order valence-corrected chi connectivity index (χ3v) is 7.24. The van der Waals surface area contributed by atoms with E-state index in [1.54, 1.807) is 20.8 Å². The van der Waals surface area contributed by atoms with E-state index in [2.05, 4.69) is 0 Å². The predicted molar refractivity (Wildman–Crippen MR) is 132 cm³/mol. The number of ether oxygens (including phenoxy) is 2. The van der Waals surface area contributed by atoms with E-state index >= 15 is 0 Å². The summed E-state index contributed by atoms with van der Waals surface area (Å²) in [5, 5.41) is 19.6. The molecule has 0 amide bonds. The van der Waals surface area contributed by atoms with Crippen LogP contribution in [0.2, 0.25) is 0 Å². The molecule has 0 radical (unpaired) electrons. The summed E-state index contributed by atoms with van der Waals surface area (Å²) in [6, 6.07) is 8.39. The van der Waals surface area contributed by atoms with Gasteiger partial charge < -0.3 is 19.7 Å². The zero-order valence-electron chi connectivity index (χ0n) is 22.8. The van der Waals surface area contributed by atoms with Crippen molar-refractivity contribution >= 4 is 11.9 Å². The third kappa shape index (κ3) is 6.95. The Bertz CT molecular complexity index is 1180. The van der Waals surface area contributed by atoms with E-state index in [4.69, 9.17) is 9.47 Å². The molecule has 12 heteroatoms. The number of rotatable bonds is 9. The minimum atomic E-state index is -4.92. The van der Waals surface area contributed by atoms with E-state index in [1.807, 2.05) is 0 Å². The van der Waals surface area contributed by atoms with Crippen LogP contribution in [-0.4, -0.2) is 34.5 Å². The fourth-order valence-corrected chi connectivity index (χ4v) is 3.74. The first-order valence-electron chi connectivity index (χ1n) is 12.3. The van der Waals surface area contributed by atoms with E-state index in [0.29, 0.717) is 13.8 Å². The number of esters is 2. The summed E-state index contributed by atoms with van der Waals surface area (Å²) in [5.74, 6) is -2.89. The molecule has 0 heterocycles. The molecule has 2 aromatic rings. The van der Waals surface area contributed by atoms with Crippen LogP contribution in [0.3, 0.4) is 0 Å². The van der Waals surface area contributed by atoms with Crippen molar-refractivity contribution in [1.29, 1.82) is 0 Å². The molecular formula is C28H32F6O6. The molecule has 0 aliphatic carbocycles. The zero-order valence-corrected chi connectivity index (χ0v) is 22.8. The van der Waals surface area contributed by atoms with Gasteiger partial charge in [-0.2, -0.15) is 26.3 Å². The van der Waals surface area contributed by atoms with Gasteiger partial charge in [0.1, 0.15) is 11.5 Å². The van der Waals surface area contributed by atoms with Crippen molar-refractivity contribution in [3.8, 4) is 11.5 Å². The quantitative estimate of drug-likeness (QED) is 0.203. The second-order valence-electron chi connectivity index (χ2n) is 10.7. The number of alkyl halides is 6. The van der Waals surface area contributed by atoms with Crippen LogP contribution < -0.4 is 9.47 Å². The van der Waals surface area contributed by atoms with Crippen LogP contribution in [-0.2, 0) is 20.8 Å². The first-order valence-corrected chi connectivity index (χ1v) is 12.3. The number of benzene rings is 2. The maximum absolute atomic E-state index is 13.1. The summed E-state index contributed by atoms with van der Waals surface area (Å²) >= 11 is 0. The summed E-state index contributed by atoms with van der Waals surface area (Å²) in [5.41, 5.74) is -8.34. The van der Waals surface area contributed by atoms with Crippen molar-refractivity contribution in [2.75, 3.05) is 0 Å². The summed E-state index contributed by atoms with van der Waals surface area (Å²) in [7, 11) is 0. The van der Waals surface area contributed by atoms with Crippen molar-refractivity contribution in [3.63, 3.8) is 0 Å². The van der Waals surface area contributed by atoms with Crippen molar-refractivity contribution in [3.05, 3.63) is 59.7 Å². The fourth-order valence-electron chi connectivity index (χ4n) is 3.74. The Kier molecular flexibility index (Phi) is 9.43. The molecular weight excluding hydrogens is 546 g/mol. The van der Waals surface area contributed by atoms with Crippen molar-refractivity contribution < 1.29 is 55.6 Å². The van der Waals surface area contributed by atoms with Crippen molar-refractivity contribution in [2.45, 2.75) is 71.5 Å². The average Bonchev–Trinajstić information content (AvgIpc) is 2.83. The number of halogens is 6. The van der Waals surface area contributed by atoms with Gasteiger partial charge in [-0.1, -0.05) is 45.0 Å². The summed E-state index contributed by atoms with van der Waals surface area (Å²) in [6.45, 7) is 7.68. The van der Waals surface area contributed by atoms with Crippen LogP contribution >= 0.6 is 0 Å². The highest BCUT2D eigenvalue weighted by molar-refractivity contribution is 5.81. The molecule has 2 aromatic carbocycles. The first kappa shape index (κ1) is 33.1. The van der Waals surface area contributed by atoms with Crippen LogP contribution in [0.4, 0.5) is 26.3 Å². The van der Waals surface area contributed by atoms with Crippen LogP contribution in [0.25, 0.3) is 0 Å². The lowest BCUT2D eigenvalue weighted by Gasteiger charge is -2.33. The lowest BCUT2D eigenvalue weighted by atomic mass is 9.73. The molecule has 0 aromatic heterocycles. The molecule has 0 saturated heterocycles. The maximum atomic E-state index is 13.1. The summed E-state index contributed by atoms with van der Waals surface area (Å²) < 4.78 is 89.0. The van der Waals surface area contributed by atoms with Crippen LogP contribution in [0.1, 0.15) is 59.1 Å². The molecule has 6 nitrogen and oxygen atoms in total. The zero-order chi connectivity index (χ0) is 30.9. The molecule has 222 valence electrons. The average molecular weight is 579 g/mol. The second-order valence-corrected chi connectivity index (χ2v) is 10.7. The predicted octanol–water partition coefficient (Wildman–Crippen LogP) is 6.43. The Labute approximate surface area is 227 Å². The summed E-state index contributed by atoms with van der Waals surface area (Å²) in [6.07, 6.45) is -9.89. The van der Waals surface area contributed by atoms with Crippen LogP contribution in [0.5, 0.6) is 11.5 Å². The highest BCUT2D eigenvalue weighted by Gasteiger charge is 2.52. The van der Waals surface area contributed by atoms with E-state index in [9.17, 15) is 46.1 Å². The van der Waals surface area contributed by atoms with E-state index in [0.717, 1.165) is 48.5 Å². The van der Waals surface area contributed by atoms with Gasteiger partial charge in [-0.25, -0.2) is 0 Å².